The highest BCUT2D eigenvalue weighted by Gasteiger charge is 2.42. The molecule has 0 radical (unpaired) electrons. The number of benzene rings is 2. The normalized spacial score (nSPS) is 26.7. The van der Waals surface area contributed by atoms with Gasteiger partial charge in [0.05, 0.1) is 56.8 Å². The zero-order chi connectivity index (χ0) is 29.4. The Morgan fingerprint density at radius 1 is 0.976 bits per heavy atom. The van der Waals surface area contributed by atoms with Crippen molar-refractivity contribution >= 4 is 12.1 Å². The van der Waals surface area contributed by atoms with E-state index in [9.17, 15) is 9.59 Å². The quantitative estimate of drug-likeness (QED) is 0.301. The summed E-state index contributed by atoms with van der Waals surface area (Å²) in [5.41, 5.74) is 2.69. The fourth-order valence-corrected chi connectivity index (χ4v) is 6.56. The maximum atomic E-state index is 12.8. The Bertz CT molecular complexity index is 1140. The van der Waals surface area contributed by atoms with E-state index in [1.807, 2.05) is 61.5 Å². The van der Waals surface area contributed by atoms with Crippen molar-refractivity contribution in [1.29, 1.82) is 0 Å². The molecule has 2 atom stereocenters. The molecule has 2 aliphatic heterocycles. The van der Waals surface area contributed by atoms with E-state index >= 15 is 0 Å². The average molecular weight is 580 g/mol. The molecular weight excluding hydrogens is 534 g/mol. The topological polar surface area (TPSA) is 92.3 Å². The van der Waals surface area contributed by atoms with Crippen molar-refractivity contribution in [2.45, 2.75) is 95.2 Å². The predicted octanol–water partition coefficient (Wildman–Crippen LogP) is 6.18. The van der Waals surface area contributed by atoms with Crippen LogP contribution < -0.4 is 5.32 Å². The Morgan fingerprint density at radius 3 is 2.38 bits per heavy atom. The minimum atomic E-state index is -0.481. The number of nitrogens with one attached hydrogen (secondary N) is 1. The van der Waals surface area contributed by atoms with Gasteiger partial charge in [-0.1, -0.05) is 48.5 Å². The van der Waals surface area contributed by atoms with Crippen molar-refractivity contribution in [2.75, 3.05) is 26.9 Å². The van der Waals surface area contributed by atoms with E-state index in [0.717, 1.165) is 69.1 Å². The lowest BCUT2D eigenvalue weighted by Crippen LogP contribution is -2.50. The van der Waals surface area contributed by atoms with Crippen LogP contribution in [0.2, 0.25) is 0 Å². The molecule has 0 aromatic heterocycles. The van der Waals surface area contributed by atoms with Gasteiger partial charge in [-0.3, -0.25) is 0 Å². The minimum Gasteiger partial charge on any atom is -0.465 e. The predicted molar refractivity (Wildman–Crippen MR) is 158 cm³/mol. The summed E-state index contributed by atoms with van der Waals surface area (Å²) < 4.78 is 29.3. The van der Waals surface area contributed by atoms with Crippen LogP contribution in [0.25, 0.3) is 0 Å². The smallest absolute Gasteiger partial charge is 0.407 e. The highest BCUT2D eigenvalue weighted by atomic mass is 16.6. The number of rotatable bonds is 12. The largest absolute Gasteiger partial charge is 0.465 e. The zero-order valence-corrected chi connectivity index (χ0v) is 24.9. The van der Waals surface area contributed by atoms with Crippen molar-refractivity contribution < 1.29 is 33.3 Å². The first kappa shape index (κ1) is 30.5. The Balaban J connectivity index is 1.15. The molecule has 0 spiro atoms. The zero-order valence-electron chi connectivity index (χ0n) is 24.9. The second-order valence-electron chi connectivity index (χ2n) is 12.2. The molecule has 1 amide bonds. The number of ether oxygens (including phenoxy) is 5. The molecule has 1 N–H and O–H groups in total. The molecule has 4 fully saturated rings. The highest BCUT2D eigenvalue weighted by molar-refractivity contribution is 5.91. The average Bonchev–Trinajstić information content (AvgIpc) is 3.06. The van der Waals surface area contributed by atoms with Crippen LogP contribution in [-0.2, 0) is 30.3 Å². The van der Waals surface area contributed by atoms with Crippen molar-refractivity contribution in [3.8, 4) is 0 Å². The molecule has 2 aromatic carbocycles. The van der Waals surface area contributed by atoms with E-state index in [-0.39, 0.29) is 42.2 Å². The number of alkyl carbamates (subject to hydrolysis) is 1. The van der Waals surface area contributed by atoms with Gasteiger partial charge in [0.1, 0.15) is 6.61 Å². The molecule has 6 rings (SSSR count). The van der Waals surface area contributed by atoms with Crippen molar-refractivity contribution in [3.63, 3.8) is 0 Å². The molecule has 228 valence electrons. The lowest BCUT2D eigenvalue weighted by atomic mass is 9.72. The van der Waals surface area contributed by atoms with Gasteiger partial charge in [0.25, 0.3) is 0 Å². The van der Waals surface area contributed by atoms with Gasteiger partial charge >= 0.3 is 12.1 Å². The van der Waals surface area contributed by atoms with Crippen LogP contribution in [0.4, 0.5) is 4.79 Å². The van der Waals surface area contributed by atoms with E-state index < -0.39 is 6.09 Å². The van der Waals surface area contributed by atoms with Crippen LogP contribution in [0.3, 0.4) is 0 Å². The molecule has 4 aliphatic rings. The van der Waals surface area contributed by atoms with E-state index in [1.165, 1.54) is 7.11 Å². The van der Waals surface area contributed by atoms with E-state index in [2.05, 4.69) is 5.32 Å². The molecule has 42 heavy (non-hydrogen) atoms. The van der Waals surface area contributed by atoms with Crippen LogP contribution in [0.5, 0.6) is 0 Å². The van der Waals surface area contributed by atoms with Crippen LogP contribution in [0.1, 0.15) is 85.7 Å². The van der Waals surface area contributed by atoms with Crippen LogP contribution in [0.15, 0.2) is 54.6 Å². The van der Waals surface area contributed by atoms with Gasteiger partial charge < -0.3 is 29.0 Å². The SMILES string of the molecule is COC(=O)c1ccccc1C1CCC(OC[C@@H](NC(=O)OCc2ccccc2)[C@@H](C)OCC23CCC(CC2)OC3)CC1. The molecule has 8 heteroatoms. The van der Waals surface area contributed by atoms with Gasteiger partial charge in [0, 0.05) is 5.41 Å². The van der Waals surface area contributed by atoms with Crippen LogP contribution >= 0.6 is 0 Å². The number of methoxy groups -OCH3 is 1. The van der Waals surface area contributed by atoms with Gasteiger partial charge in [-0.05, 0) is 81.4 Å². The van der Waals surface area contributed by atoms with E-state index in [1.54, 1.807) is 0 Å². The third kappa shape index (κ3) is 7.91. The first-order valence-corrected chi connectivity index (χ1v) is 15.4. The number of esters is 1. The minimum absolute atomic E-state index is 0.0705. The number of hydrogen-bond acceptors (Lipinski definition) is 7. The first-order valence-electron chi connectivity index (χ1n) is 15.4. The Morgan fingerprint density at radius 2 is 1.69 bits per heavy atom. The lowest BCUT2D eigenvalue weighted by Gasteiger charge is -2.46. The first-order chi connectivity index (χ1) is 20.4. The van der Waals surface area contributed by atoms with Crippen LogP contribution in [0, 0.1) is 5.41 Å². The molecule has 0 unspecified atom stereocenters. The Kier molecular flexibility index (Phi) is 10.5. The molecule has 2 bridgehead atoms. The maximum absolute atomic E-state index is 12.8. The summed E-state index contributed by atoms with van der Waals surface area (Å²) in [7, 11) is 1.42. The molecule has 2 saturated heterocycles. The molecular formula is C34H45NO7. The summed E-state index contributed by atoms with van der Waals surface area (Å²) in [6.45, 7) is 3.90. The lowest BCUT2D eigenvalue weighted by molar-refractivity contribution is -0.152. The van der Waals surface area contributed by atoms with Gasteiger partial charge in [-0.15, -0.1) is 0 Å². The number of amides is 1. The molecule has 2 aliphatic carbocycles. The third-order valence-corrected chi connectivity index (χ3v) is 9.35. The molecule has 2 aromatic rings. The fourth-order valence-electron chi connectivity index (χ4n) is 6.56. The Hall–Kier alpha value is -2.94. The number of fused-ring (bicyclic) bond motifs is 3. The second kappa shape index (κ2) is 14.5. The van der Waals surface area contributed by atoms with Gasteiger partial charge in [-0.25, -0.2) is 9.59 Å². The summed E-state index contributed by atoms with van der Waals surface area (Å²) in [5, 5.41) is 3.02. The summed E-state index contributed by atoms with van der Waals surface area (Å²) in [5.74, 6) is -0.00486. The standard InChI is InChI=1S/C34H45NO7/c1-24(41-22-34-18-16-28(17-19-34)42-23-34)31(35-33(37)40-20-25-8-4-3-5-9-25)21-39-27-14-12-26(13-15-27)29-10-6-7-11-30(29)32(36)38-2/h3-11,24,26-28,31H,12-23H2,1-2H3,(H,35,37)/t24-,26?,27?,28?,31-,34?/m1/s1. The summed E-state index contributed by atoms with van der Waals surface area (Å²) >= 11 is 0. The second-order valence-corrected chi connectivity index (χ2v) is 12.2. The van der Waals surface area contributed by atoms with E-state index in [0.29, 0.717) is 24.9 Å². The van der Waals surface area contributed by atoms with Gasteiger partial charge in [0.15, 0.2) is 0 Å². The summed E-state index contributed by atoms with van der Waals surface area (Å²) in [4.78, 5) is 25.1. The number of carbonyl (C=O) groups is 2. The fraction of sp³-hybridized carbons (Fsp3) is 0.588. The van der Waals surface area contributed by atoms with Crippen molar-refractivity contribution in [3.05, 3.63) is 71.3 Å². The van der Waals surface area contributed by atoms with Crippen LogP contribution in [-0.4, -0.2) is 63.3 Å². The molecule has 2 heterocycles. The summed E-state index contributed by atoms with van der Waals surface area (Å²) in [6.07, 6.45) is 7.79. The monoisotopic (exact) mass is 579 g/mol. The van der Waals surface area contributed by atoms with Crippen molar-refractivity contribution in [1.82, 2.24) is 5.32 Å². The molecule has 8 nitrogen and oxygen atoms in total. The summed E-state index contributed by atoms with van der Waals surface area (Å²) in [6, 6.07) is 17.0. The van der Waals surface area contributed by atoms with Gasteiger partial charge in [-0.2, -0.15) is 0 Å². The molecule has 2 saturated carbocycles. The Labute approximate surface area is 249 Å². The van der Waals surface area contributed by atoms with Gasteiger partial charge in [0.2, 0.25) is 0 Å². The maximum Gasteiger partial charge on any atom is 0.407 e. The highest BCUT2D eigenvalue weighted by Crippen LogP contribution is 2.43. The number of carbonyl (C=O) groups excluding carboxylic acids is 2. The number of hydrogen-bond donors (Lipinski definition) is 1. The third-order valence-electron chi connectivity index (χ3n) is 9.35. The van der Waals surface area contributed by atoms with E-state index in [4.69, 9.17) is 23.7 Å². The van der Waals surface area contributed by atoms with Crippen molar-refractivity contribution in [2.24, 2.45) is 5.41 Å².